The van der Waals surface area contributed by atoms with Crippen LogP contribution in [0.5, 0.6) is 0 Å². The Morgan fingerprint density at radius 1 is 1.55 bits per heavy atom. The molecule has 0 radical (unpaired) electrons. The fourth-order valence-electron chi connectivity index (χ4n) is 0.542. The van der Waals surface area contributed by atoms with Crippen molar-refractivity contribution in [1.29, 1.82) is 0 Å². The average molecular weight is 162 g/mol. The number of aliphatic hydroxyl groups is 1. The summed E-state index contributed by atoms with van der Waals surface area (Å²) >= 11 is 0. The van der Waals surface area contributed by atoms with Crippen LogP contribution in [0.1, 0.15) is 20.8 Å². The molecular formula is C7H14O4. The molecule has 0 aromatic rings. The molecule has 0 aliphatic carbocycles. The smallest absolute Gasteiger partial charge is 0.302 e. The van der Waals surface area contributed by atoms with E-state index < -0.39 is 12.3 Å². The summed E-state index contributed by atoms with van der Waals surface area (Å²) in [4.78, 5) is 10.2. The Hall–Kier alpha value is -0.610. The van der Waals surface area contributed by atoms with Gasteiger partial charge in [0, 0.05) is 6.92 Å². The standard InChI is InChI=1S/C7H14O4/c1-5(2)11-7(9)4-10-6(3)8/h5,7,9H,4H2,1-3H3. The van der Waals surface area contributed by atoms with Crippen molar-refractivity contribution in [3.63, 3.8) is 0 Å². The molecule has 0 saturated carbocycles. The highest BCUT2D eigenvalue weighted by molar-refractivity contribution is 5.65. The van der Waals surface area contributed by atoms with Crippen LogP contribution in [0.2, 0.25) is 0 Å². The fourth-order valence-corrected chi connectivity index (χ4v) is 0.542. The summed E-state index contributed by atoms with van der Waals surface area (Å²) in [7, 11) is 0. The number of hydrogen-bond donors (Lipinski definition) is 1. The summed E-state index contributed by atoms with van der Waals surface area (Å²) in [5.74, 6) is -0.420. The first-order valence-corrected chi connectivity index (χ1v) is 3.49. The van der Waals surface area contributed by atoms with Gasteiger partial charge in [-0.25, -0.2) is 0 Å². The van der Waals surface area contributed by atoms with E-state index in [4.69, 9.17) is 9.84 Å². The second-order valence-corrected chi connectivity index (χ2v) is 2.44. The third kappa shape index (κ3) is 7.29. The third-order valence-corrected chi connectivity index (χ3v) is 0.858. The highest BCUT2D eigenvalue weighted by Crippen LogP contribution is 1.94. The number of rotatable bonds is 4. The van der Waals surface area contributed by atoms with Gasteiger partial charge in [0.1, 0.15) is 6.61 Å². The quantitative estimate of drug-likeness (QED) is 0.477. The maximum Gasteiger partial charge on any atom is 0.302 e. The van der Waals surface area contributed by atoms with E-state index in [2.05, 4.69) is 4.74 Å². The zero-order chi connectivity index (χ0) is 8.85. The van der Waals surface area contributed by atoms with Gasteiger partial charge >= 0.3 is 5.97 Å². The van der Waals surface area contributed by atoms with Crippen LogP contribution in [0.4, 0.5) is 0 Å². The monoisotopic (exact) mass is 162 g/mol. The Morgan fingerprint density at radius 3 is 2.45 bits per heavy atom. The molecule has 0 rings (SSSR count). The van der Waals surface area contributed by atoms with Gasteiger partial charge in [-0.05, 0) is 13.8 Å². The lowest BCUT2D eigenvalue weighted by Crippen LogP contribution is -2.23. The second kappa shape index (κ2) is 5.09. The van der Waals surface area contributed by atoms with Gasteiger partial charge < -0.3 is 14.6 Å². The lowest BCUT2D eigenvalue weighted by molar-refractivity contribution is -0.172. The minimum absolute atomic E-state index is 0.0689. The molecule has 0 bridgehead atoms. The van der Waals surface area contributed by atoms with E-state index in [1.165, 1.54) is 6.92 Å². The van der Waals surface area contributed by atoms with E-state index in [9.17, 15) is 4.79 Å². The van der Waals surface area contributed by atoms with Crippen molar-refractivity contribution < 1.29 is 19.4 Å². The summed E-state index contributed by atoms with van der Waals surface area (Å²) in [6, 6.07) is 0. The van der Waals surface area contributed by atoms with Gasteiger partial charge in [0.2, 0.25) is 0 Å². The first-order chi connectivity index (χ1) is 5.02. The zero-order valence-corrected chi connectivity index (χ0v) is 7.03. The van der Waals surface area contributed by atoms with E-state index in [0.717, 1.165) is 0 Å². The molecule has 0 aliphatic heterocycles. The van der Waals surface area contributed by atoms with Crippen molar-refractivity contribution in [1.82, 2.24) is 0 Å². The molecule has 0 aliphatic rings. The van der Waals surface area contributed by atoms with Crippen molar-refractivity contribution in [3.8, 4) is 0 Å². The molecule has 66 valence electrons. The van der Waals surface area contributed by atoms with Gasteiger partial charge in [-0.2, -0.15) is 0 Å². The summed E-state index contributed by atoms with van der Waals surface area (Å²) in [6.07, 6.45) is -1.08. The Kier molecular flexibility index (Phi) is 4.81. The molecule has 0 aromatic heterocycles. The number of carbonyl (C=O) groups excluding carboxylic acids is 1. The molecule has 1 unspecified atom stereocenters. The van der Waals surface area contributed by atoms with E-state index >= 15 is 0 Å². The molecular weight excluding hydrogens is 148 g/mol. The van der Waals surface area contributed by atoms with Crippen LogP contribution in [0.25, 0.3) is 0 Å². The molecule has 0 heterocycles. The van der Waals surface area contributed by atoms with Crippen molar-refractivity contribution in [2.75, 3.05) is 6.61 Å². The predicted octanol–water partition coefficient (Wildman–Crippen LogP) is 0.293. The van der Waals surface area contributed by atoms with Gasteiger partial charge in [-0.1, -0.05) is 0 Å². The molecule has 0 spiro atoms. The van der Waals surface area contributed by atoms with Gasteiger partial charge in [-0.3, -0.25) is 4.79 Å². The second-order valence-electron chi connectivity index (χ2n) is 2.44. The number of hydrogen-bond acceptors (Lipinski definition) is 4. The molecule has 0 fully saturated rings. The van der Waals surface area contributed by atoms with Gasteiger partial charge in [0.15, 0.2) is 6.29 Å². The van der Waals surface area contributed by atoms with Gasteiger partial charge in [0.25, 0.3) is 0 Å². The predicted molar refractivity (Wildman–Crippen MR) is 38.9 cm³/mol. The van der Waals surface area contributed by atoms with Gasteiger partial charge in [0.05, 0.1) is 6.10 Å². The summed E-state index contributed by atoms with van der Waals surface area (Å²) in [5.41, 5.74) is 0. The number of aliphatic hydroxyl groups excluding tert-OH is 1. The number of esters is 1. The Balaban J connectivity index is 3.37. The van der Waals surface area contributed by atoms with Crippen LogP contribution in [0.15, 0.2) is 0 Å². The SMILES string of the molecule is CC(=O)OCC(O)OC(C)C. The average Bonchev–Trinajstić information content (AvgIpc) is 1.82. The summed E-state index contributed by atoms with van der Waals surface area (Å²) in [5, 5.41) is 8.97. The minimum atomic E-state index is -1.01. The third-order valence-electron chi connectivity index (χ3n) is 0.858. The van der Waals surface area contributed by atoms with Crippen LogP contribution in [-0.2, 0) is 14.3 Å². The maximum absolute atomic E-state index is 10.2. The number of ether oxygens (including phenoxy) is 2. The topological polar surface area (TPSA) is 55.8 Å². The minimum Gasteiger partial charge on any atom is -0.460 e. The highest BCUT2D eigenvalue weighted by atomic mass is 16.6. The Morgan fingerprint density at radius 2 is 2.09 bits per heavy atom. The van der Waals surface area contributed by atoms with Crippen molar-refractivity contribution >= 4 is 5.97 Å². The molecule has 4 nitrogen and oxygen atoms in total. The Bertz CT molecular complexity index is 122. The largest absolute Gasteiger partial charge is 0.460 e. The molecule has 4 heteroatoms. The number of carbonyl (C=O) groups is 1. The van der Waals surface area contributed by atoms with E-state index in [1.54, 1.807) is 13.8 Å². The Labute approximate surface area is 66.1 Å². The normalized spacial score (nSPS) is 13.2. The molecule has 1 atom stereocenters. The molecule has 11 heavy (non-hydrogen) atoms. The fraction of sp³-hybridized carbons (Fsp3) is 0.857. The van der Waals surface area contributed by atoms with E-state index in [1.807, 2.05) is 0 Å². The lowest BCUT2D eigenvalue weighted by atomic mass is 10.5. The van der Waals surface area contributed by atoms with Crippen molar-refractivity contribution in [2.45, 2.75) is 33.2 Å². The van der Waals surface area contributed by atoms with Crippen LogP contribution >= 0.6 is 0 Å². The summed E-state index contributed by atoms with van der Waals surface area (Å²) in [6.45, 7) is 4.75. The maximum atomic E-state index is 10.2. The molecule has 0 aromatic carbocycles. The molecule has 0 amide bonds. The van der Waals surface area contributed by atoms with Crippen LogP contribution in [0, 0.1) is 0 Å². The molecule has 1 N–H and O–H groups in total. The van der Waals surface area contributed by atoms with E-state index in [0.29, 0.717) is 0 Å². The van der Waals surface area contributed by atoms with Gasteiger partial charge in [-0.15, -0.1) is 0 Å². The van der Waals surface area contributed by atoms with Crippen molar-refractivity contribution in [2.24, 2.45) is 0 Å². The highest BCUT2D eigenvalue weighted by Gasteiger charge is 2.07. The van der Waals surface area contributed by atoms with Crippen LogP contribution in [0.3, 0.4) is 0 Å². The summed E-state index contributed by atoms with van der Waals surface area (Å²) < 4.78 is 9.37. The van der Waals surface area contributed by atoms with Crippen LogP contribution < -0.4 is 0 Å². The molecule has 0 saturated heterocycles. The van der Waals surface area contributed by atoms with E-state index in [-0.39, 0.29) is 12.7 Å². The lowest BCUT2D eigenvalue weighted by Gasteiger charge is -2.13. The van der Waals surface area contributed by atoms with Crippen molar-refractivity contribution in [3.05, 3.63) is 0 Å². The first-order valence-electron chi connectivity index (χ1n) is 3.49. The zero-order valence-electron chi connectivity index (χ0n) is 7.03. The van der Waals surface area contributed by atoms with Crippen LogP contribution in [-0.4, -0.2) is 30.1 Å². The first kappa shape index (κ1) is 10.4.